The lowest BCUT2D eigenvalue weighted by molar-refractivity contribution is 0.102. The first-order valence-corrected chi connectivity index (χ1v) is 10.9. The molecule has 1 unspecified atom stereocenters. The zero-order valence-electron chi connectivity index (χ0n) is 17.0. The number of amides is 1. The molecule has 3 aromatic rings. The Morgan fingerprint density at radius 1 is 1.39 bits per heavy atom. The Morgan fingerprint density at radius 3 is 2.94 bits per heavy atom. The van der Waals surface area contributed by atoms with Crippen LogP contribution in [0.3, 0.4) is 0 Å². The van der Waals surface area contributed by atoms with Crippen molar-refractivity contribution in [1.29, 1.82) is 0 Å². The van der Waals surface area contributed by atoms with Crippen molar-refractivity contribution >= 4 is 39.5 Å². The second-order valence-electron chi connectivity index (χ2n) is 6.99. The third-order valence-electron chi connectivity index (χ3n) is 4.51. The van der Waals surface area contributed by atoms with E-state index < -0.39 is 11.7 Å². The van der Waals surface area contributed by atoms with Gasteiger partial charge in [-0.2, -0.15) is 5.10 Å². The van der Waals surface area contributed by atoms with Crippen molar-refractivity contribution in [2.24, 2.45) is 12.8 Å². The molecule has 1 atom stereocenters. The van der Waals surface area contributed by atoms with Gasteiger partial charge in [0.15, 0.2) is 5.69 Å². The second kappa shape index (κ2) is 10.7. The number of ether oxygens (including phenoxy) is 1. The van der Waals surface area contributed by atoms with Gasteiger partial charge in [0, 0.05) is 38.1 Å². The highest BCUT2D eigenvalue weighted by molar-refractivity contribution is 7.19. The van der Waals surface area contributed by atoms with E-state index in [2.05, 4.69) is 15.4 Å². The quantitative estimate of drug-likeness (QED) is 0.541. The fourth-order valence-electron chi connectivity index (χ4n) is 2.88. The van der Waals surface area contributed by atoms with Crippen LogP contribution in [0.4, 0.5) is 15.1 Å². The zero-order valence-corrected chi connectivity index (χ0v) is 18.5. The lowest BCUT2D eigenvalue weighted by Crippen LogP contribution is -2.19. The molecule has 1 aliphatic heterocycles. The molecular formula is C20H24ClFN6O2S. The topological polar surface area (TPSA) is 121 Å². The van der Waals surface area contributed by atoms with Gasteiger partial charge in [-0.15, -0.1) is 0 Å². The van der Waals surface area contributed by atoms with Gasteiger partial charge in [-0.25, -0.2) is 9.37 Å². The normalized spacial score (nSPS) is 16.2. The second-order valence-corrected chi connectivity index (χ2v) is 8.40. The van der Waals surface area contributed by atoms with Gasteiger partial charge in [0.2, 0.25) is 0 Å². The molecule has 4 rings (SSSR count). The predicted molar refractivity (Wildman–Crippen MR) is 121 cm³/mol. The number of nitrogens with one attached hydrogen (secondary N) is 1. The number of hydrogen-bond acceptors (Lipinski definition) is 7. The minimum Gasteiger partial charge on any atom is -0.389 e. The van der Waals surface area contributed by atoms with Gasteiger partial charge in [-0.1, -0.05) is 35.1 Å². The molecule has 1 saturated heterocycles. The number of aromatic nitrogens is 3. The van der Waals surface area contributed by atoms with E-state index in [0.29, 0.717) is 22.3 Å². The van der Waals surface area contributed by atoms with Crippen molar-refractivity contribution in [2.45, 2.75) is 25.3 Å². The number of thiazole rings is 1. The molecular weight excluding hydrogens is 443 g/mol. The van der Waals surface area contributed by atoms with Gasteiger partial charge in [-0.05, 0) is 25.3 Å². The number of anilines is 2. The fourth-order valence-corrected chi connectivity index (χ4v) is 4.02. The minimum absolute atomic E-state index is 0.0551. The Bertz CT molecular complexity index is 1030. The van der Waals surface area contributed by atoms with Crippen molar-refractivity contribution in [3.63, 3.8) is 0 Å². The summed E-state index contributed by atoms with van der Waals surface area (Å²) in [4.78, 5) is 16.4. The Kier molecular flexibility index (Phi) is 7.97. The van der Waals surface area contributed by atoms with Gasteiger partial charge in [0.05, 0.1) is 16.9 Å². The van der Waals surface area contributed by atoms with Crippen molar-refractivity contribution in [1.82, 2.24) is 14.8 Å². The minimum atomic E-state index is -0.556. The van der Waals surface area contributed by atoms with Crippen molar-refractivity contribution in [3.05, 3.63) is 47.1 Å². The van der Waals surface area contributed by atoms with Crippen LogP contribution in [-0.2, 0) is 11.8 Å². The number of carbonyl (C=O) groups is 1. The highest BCUT2D eigenvalue weighted by atomic mass is 35.5. The van der Waals surface area contributed by atoms with E-state index in [0.717, 1.165) is 43.8 Å². The van der Waals surface area contributed by atoms with Gasteiger partial charge < -0.3 is 21.5 Å². The summed E-state index contributed by atoms with van der Waals surface area (Å²) in [5.41, 5.74) is 12.5. The van der Waals surface area contributed by atoms with Crippen LogP contribution in [0.2, 0.25) is 5.02 Å². The number of hydrogen-bond donors (Lipinski definition) is 3. The highest BCUT2D eigenvalue weighted by Gasteiger charge is 2.20. The maximum Gasteiger partial charge on any atom is 0.277 e. The predicted octanol–water partition coefficient (Wildman–Crippen LogP) is 3.68. The van der Waals surface area contributed by atoms with Gasteiger partial charge in [0.25, 0.3) is 5.91 Å². The van der Waals surface area contributed by atoms with Crippen LogP contribution in [0.5, 0.6) is 0 Å². The average Bonchev–Trinajstić information content (AvgIpc) is 3.23. The summed E-state index contributed by atoms with van der Waals surface area (Å²) in [5.74, 6) is -1.02. The van der Waals surface area contributed by atoms with E-state index >= 15 is 0 Å². The number of rotatable bonds is 3. The largest absolute Gasteiger partial charge is 0.389 e. The Hall–Kier alpha value is -2.53. The fraction of sp³-hybridized carbons (Fsp3) is 0.350. The summed E-state index contributed by atoms with van der Waals surface area (Å²) in [6, 6.07) is 4.78. The number of carbonyl (C=O) groups excluding carboxylic acids is 1. The molecule has 1 aliphatic rings. The van der Waals surface area contributed by atoms with Crippen LogP contribution >= 0.6 is 22.9 Å². The van der Waals surface area contributed by atoms with Crippen molar-refractivity contribution in [3.8, 4) is 10.6 Å². The van der Waals surface area contributed by atoms with E-state index in [4.69, 9.17) is 27.8 Å². The van der Waals surface area contributed by atoms with Crippen molar-refractivity contribution in [2.75, 3.05) is 24.3 Å². The molecule has 5 N–H and O–H groups in total. The summed E-state index contributed by atoms with van der Waals surface area (Å²) in [7, 11) is 1.73. The maximum absolute atomic E-state index is 13.5. The van der Waals surface area contributed by atoms with Crippen LogP contribution in [0.1, 0.15) is 29.8 Å². The van der Waals surface area contributed by atoms with Crippen LogP contribution in [0.15, 0.2) is 30.6 Å². The van der Waals surface area contributed by atoms with E-state index in [1.807, 2.05) is 0 Å². The summed E-state index contributed by atoms with van der Waals surface area (Å²) >= 11 is 7.01. The number of nitrogens with two attached hydrogens (primary N) is 2. The third kappa shape index (κ3) is 6.23. The first-order valence-electron chi connectivity index (χ1n) is 9.69. The van der Waals surface area contributed by atoms with Crippen LogP contribution in [0.25, 0.3) is 10.6 Å². The molecule has 0 spiro atoms. The molecule has 1 aromatic carbocycles. The van der Waals surface area contributed by atoms with Crippen LogP contribution < -0.4 is 16.8 Å². The third-order valence-corrected chi connectivity index (χ3v) is 5.81. The summed E-state index contributed by atoms with van der Waals surface area (Å²) in [6.45, 7) is 1.77. The first-order chi connectivity index (χ1) is 14.8. The number of benzene rings is 1. The maximum atomic E-state index is 13.5. The van der Waals surface area contributed by atoms with Gasteiger partial charge in [0.1, 0.15) is 15.8 Å². The summed E-state index contributed by atoms with van der Waals surface area (Å²) < 4.78 is 20.3. The lowest BCUT2D eigenvalue weighted by Gasteiger charge is -2.02. The van der Waals surface area contributed by atoms with Gasteiger partial charge in [-0.3, -0.25) is 9.48 Å². The summed E-state index contributed by atoms with van der Waals surface area (Å²) in [5, 5.41) is 7.15. The number of nitrogen functional groups attached to an aromatic ring is 1. The first kappa shape index (κ1) is 23.1. The van der Waals surface area contributed by atoms with E-state index in [1.54, 1.807) is 24.0 Å². The van der Waals surface area contributed by atoms with Crippen molar-refractivity contribution < 1.29 is 13.9 Å². The Labute approximate surface area is 188 Å². The van der Waals surface area contributed by atoms with E-state index in [1.165, 1.54) is 18.3 Å². The zero-order chi connectivity index (χ0) is 22.4. The van der Waals surface area contributed by atoms with E-state index in [9.17, 15) is 9.18 Å². The van der Waals surface area contributed by atoms with Crippen LogP contribution in [0, 0.1) is 5.82 Å². The number of halogens is 2. The molecule has 0 radical (unpaired) electrons. The SMILES string of the molecule is Cn1cc(NC(=O)c2nc(-c3cccc(F)c3Cl)sc2N)cn1.NC1CCCOCC1. The smallest absolute Gasteiger partial charge is 0.277 e. The molecule has 1 amide bonds. The molecule has 0 saturated carbocycles. The molecule has 8 nitrogen and oxygen atoms in total. The van der Waals surface area contributed by atoms with E-state index in [-0.39, 0.29) is 15.7 Å². The highest BCUT2D eigenvalue weighted by Crippen LogP contribution is 2.35. The standard InChI is InChI=1S/C14H11ClFN5OS.C6H13NO/c1-21-6-7(5-18-21)19-13(22)11-12(17)23-14(20-11)8-3-2-4-9(16)10(8)15;7-6-2-1-4-8-5-3-6/h2-6H,17H2,1H3,(H,19,22);6H,1-5,7H2. The molecule has 11 heteroatoms. The Balaban J connectivity index is 0.000000287. The van der Waals surface area contributed by atoms with Gasteiger partial charge >= 0.3 is 0 Å². The monoisotopic (exact) mass is 466 g/mol. The Morgan fingerprint density at radius 2 is 2.19 bits per heavy atom. The van der Waals surface area contributed by atoms with Crippen LogP contribution in [-0.4, -0.2) is 39.9 Å². The summed E-state index contributed by atoms with van der Waals surface area (Å²) in [6.07, 6.45) is 6.47. The molecule has 1 fully saturated rings. The molecule has 166 valence electrons. The lowest BCUT2D eigenvalue weighted by atomic mass is 10.1. The number of nitrogens with zero attached hydrogens (tertiary/aromatic N) is 3. The molecule has 0 bridgehead atoms. The molecule has 2 aromatic heterocycles. The average molecular weight is 467 g/mol. The molecule has 3 heterocycles. The molecule has 31 heavy (non-hydrogen) atoms. The number of aryl methyl sites for hydroxylation is 1. The molecule has 0 aliphatic carbocycles.